The lowest BCUT2D eigenvalue weighted by molar-refractivity contribution is -0.384. The highest BCUT2D eigenvalue weighted by Gasteiger charge is 2.07. The zero-order valence-corrected chi connectivity index (χ0v) is 19.9. The predicted molar refractivity (Wildman–Crippen MR) is 130 cm³/mol. The van der Waals surface area contributed by atoms with Crippen molar-refractivity contribution in [2.75, 3.05) is 27.2 Å². The van der Waals surface area contributed by atoms with Crippen LogP contribution in [0.15, 0.2) is 53.5 Å². The molecule has 0 spiro atoms. The van der Waals surface area contributed by atoms with Crippen molar-refractivity contribution < 1.29 is 9.72 Å². The molecule has 2 N–H and O–H groups in total. The third-order valence-corrected chi connectivity index (χ3v) is 4.30. The van der Waals surface area contributed by atoms with Gasteiger partial charge in [0, 0.05) is 37.8 Å². The molecule has 8 nitrogen and oxygen atoms in total. The lowest BCUT2D eigenvalue weighted by Crippen LogP contribution is -2.43. The van der Waals surface area contributed by atoms with Gasteiger partial charge in [0.15, 0.2) is 5.96 Å². The zero-order chi connectivity index (χ0) is 21.2. The van der Waals surface area contributed by atoms with Gasteiger partial charge in [-0.3, -0.25) is 14.9 Å². The normalized spacial score (nSPS) is 10.7. The van der Waals surface area contributed by atoms with Crippen molar-refractivity contribution in [3.8, 4) is 0 Å². The fourth-order valence-corrected chi connectivity index (χ4v) is 2.62. The van der Waals surface area contributed by atoms with Gasteiger partial charge in [0.2, 0.25) is 5.91 Å². The van der Waals surface area contributed by atoms with Crippen LogP contribution in [0.5, 0.6) is 0 Å². The number of nitro groups is 1. The second-order valence-electron chi connectivity index (χ2n) is 6.54. The highest BCUT2D eigenvalue weighted by Crippen LogP contribution is 2.12. The largest absolute Gasteiger partial charge is 0.356 e. The smallest absolute Gasteiger partial charge is 0.269 e. The molecule has 2 aromatic rings. The molecular weight excluding hydrogens is 521 g/mol. The molecule has 10 heteroatoms. The molecule has 1 amide bonds. The van der Waals surface area contributed by atoms with Crippen molar-refractivity contribution in [2.24, 2.45) is 4.99 Å². The van der Waals surface area contributed by atoms with Crippen molar-refractivity contribution in [3.63, 3.8) is 0 Å². The quantitative estimate of drug-likeness (QED) is 0.174. The zero-order valence-electron chi connectivity index (χ0n) is 16.8. The van der Waals surface area contributed by atoms with Crippen LogP contribution in [0, 0.1) is 10.1 Å². The van der Waals surface area contributed by atoms with Crippen molar-refractivity contribution >= 4 is 53.1 Å². The summed E-state index contributed by atoms with van der Waals surface area (Å²) in [6.07, 6.45) is 0.737. The molecule has 0 aliphatic rings. The first-order chi connectivity index (χ1) is 13.8. The minimum Gasteiger partial charge on any atom is -0.356 e. The molecule has 2 aromatic carbocycles. The number of nitrogens with one attached hydrogen (secondary N) is 2. The van der Waals surface area contributed by atoms with E-state index in [1.54, 1.807) is 26.2 Å². The van der Waals surface area contributed by atoms with Crippen LogP contribution < -0.4 is 10.6 Å². The van der Waals surface area contributed by atoms with E-state index in [9.17, 15) is 14.9 Å². The minimum absolute atomic E-state index is 0. The van der Waals surface area contributed by atoms with E-state index in [1.807, 2.05) is 24.3 Å². The van der Waals surface area contributed by atoms with Gasteiger partial charge in [0.05, 0.1) is 18.0 Å². The summed E-state index contributed by atoms with van der Waals surface area (Å²) in [4.78, 5) is 28.1. The molecule has 0 radical (unpaired) electrons. The summed E-state index contributed by atoms with van der Waals surface area (Å²) in [6.45, 7) is 1.03. The number of non-ortho nitro benzene ring substituents is 1. The lowest BCUT2D eigenvalue weighted by Gasteiger charge is -2.15. The van der Waals surface area contributed by atoms with Gasteiger partial charge in [0.25, 0.3) is 5.69 Å². The van der Waals surface area contributed by atoms with Crippen molar-refractivity contribution in [3.05, 3.63) is 74.8 Å². The fourth-order valence-electron chi connectivity index (χ4n) is 2.40. The average molecular weight is 546 g/mol. The highest BCUT2D eigenvalue weighted by molar-refractivity contribution is 14.0. The number of benzene rings is 2. The number of hydrogen-bond acceptors (Lipinski definition) is 4. The van der Waals surface area contributed by atoms with E-state index in [0.29, 0.717) is 24.1 Å². The number of rotatable bonds is 8. The Morgan fingerprint density at radius 1 is 1.13 bits per heavy atom. The minimum atomic E-state index is -0.440. The Morgan fingerprint density at radius 3 is 2.43 bits per heavy atom. The van der Waals surface area contributed by atoms with E-state index < -0.39 is 4.92 Å². The first kappa shape index (κ1) is 25.6. The van der Waals surface area contributed by atoms with Crippen LogP contribution in [-0.2, 0) is 17.8 Å². The maximum absolute atomic E-state index is 11.9. The molecule has 0 bridgehead atoms. The number of hydrogen-bond donors (Lipinski definition) is 2. The van der Waals surface area contributed by atoms with Crippen molar-refractivity contribution in [2.45, 2.75) is 13.0 Å². The number of aliphatic imine (C=N–C) groups is 1. The van der Waals surface area contributed by atoms with Crippen LogP contribution in [0.1, 0.15) is 11.1 Å². The molecule has 2 rings (SSSR count). The number of halogens is 2. The molecule has 0 saturated heterocycles. The molecular formula is C20H25ClIN5O3. The average Bonchev–Trinajstić information content (AvgIpc) is 2.69. The molecule has 0 aliphatic carbocycles. The van der Waals surface area contributed by atoms with E-state index in [2.05, 4.69) is 15.6 Å². The van der Waals surface area contributed by atoms with Crippen LogP contribution in [0.4, 0.5) is 5.69 Å². The van der Waals surface area contributed by atoms with Crippen LogP contribution in [0.3, 0.4) is 0 Å². The Bertz CT molecular complexity index is 875. The summed E-state index contributed by atoms with van der Waals surface area (Å²) in [7, 11) is 3.37. The molecule has 30 heavy (non-hydrogen) atoms. The second kappa shape index (κ2) is 13.0. The van der Waals surface area contributed by atoms with Gasteiger partial charge in [-0.05, 0) is 29.7 Å². The van der Waals surface area contributed by atoms with Gasteiger partial charge in [-0.1, -0.05) is 35.9 Å². The Hall–Kier alpha value is -2.40. The number of likely N-dealkylation sites (N-methyl/N-ethyl adjacent to an activating group) is 1. The standard InChI is InChI=1S/C20H24ClN5O3.HI/c1-25(2)19(27)14-24-20(22-11-10-15-4-3-5-17(21)12-15)23-13-16-6-8-18(9-7-16)26(28)29;/h3-9,12H,10-11,13-14H2,1-2H3,(H2,22,23,24);1H. The topological polar surface area (TPSA) is 99.9 Å². The summed E-state index contributed by atoms with van der Waals surface area (Å²) in [6, 6.07) is 13.8. The molecule has 0 atom stereocenters. The van der Waals surface area contributed by atoms with Gasteiger partial charge < -0.3 is 15.5 Å². The van der Waals surface area contributed by atoms with Crippen LogP contribution in [0.2, 0.25) is 5.02 Å². The number of carbonyl (C=O) groups excluding carboxylic acids is 1. The number of guanidine groups is 1. The van der Waals surface area contributed by atoms with Crippen LogP contribution in [0.25, 0.3) is 0 Å². The van der Waals surface area contributed by atoms with Crippen molar-refractivity contribution in [1.82, 2.24) is 15.5 Å². The molecule has 0 aromatic heterocycles. The maximum Gasteiger partial charge on any atom is 0.269 e. The summed E-state index contributed by atoms with van der Waals surface area (Å²) >= 11 is 6.01. The lowest BCUT2D eigenvalue weighted by atomic mass is 10.1. The van der Waals surface area contributed by atoms with E-state index in [1.165, 1.54) is 17.0 Å². The van der Waals surface area contributed by atoms with E-state index in [-0.39, 0.29) is 42.1 Å². The monoisotopic (exact) mass is 545 g/mol. The number of nitrogens with zero attached hydrogens (tertiary/aromatic N) is 3. The molecule has 0 fully saturated rings. The highest BCUT2D eigenvalue weighted by atomic mass is 127. The summed E-state index contributed by atoms with van der Waals surface area (Å²) < 4.78 is 0. The Morgan fingerprint density at radius 2 is 1.83 bits per heavy atom. The summed E-state index contributed by atoms with van der Waals surface area (Å²) in [5.41, 5.74) is 1.95. The van der Waals surface area contributed by atoms with E-state index >= 15 is 0 Å². The van der Waals surface area contributed by atoms with Gasteiger partial charge >= 0.3 is 0 Å². The SMILES string of the molecule is CN(C)C(=O)CNC(=NCc1ccc([N+](=O)[O-])cc1)NCCc1cccc(Cl)c1.I. The van der Waals surface area contributed by atoms with Crippen LogP contribution in [-0.4, -0.2) is 48.9 Å². The van der Waals surface area contributed by atoms with Gasteiger partial charge in [-0.2, -0.15) is 0 Å². The Labute approximate surface area is 197 Å². The van der Waals surface area contributed by atoms with E-state index in [0.717, 1.165) is 17.5 Å². The first-order valence-electron chi connectivity index (χ1n) is 9.05. The Balaban J connectivity index is 0.00000450. The number of nitro benzene ring substituents is 1. The van der Waals surface area contributed by atoms with Gasteiger partial charge in [-0.15, -0.1) is 24.0 Å². The number of carbonyl (C=O) groups is 1. The molecule has 0 aliphatic heterocycles. The third kappa shape index (κ3) is 8.95. The number of amides is 1. The predicted octanol–water partition coefficient (Wildman–Crippen LogP) is 3.23. The first-order valence-corrected chi connectivity index (χ1v) is 9.43. The van der Waals surface area contributed by atoms with Gasteiger partial charge in [0.1, 0.15) is 0 Å². The van der Waals surface area contributed by atoms with Crippen molar-refractivity contribution in [1.29, 1.82) is 0 Å². The van der Waals surface area contributed by atoms with E-state index in [4.69, 9.17) is 11.6 Å². The van der Waals surface area contributed by atoms with Gasteiger partial charge in [-0.25, -0.2) is 4.99 Å². The fraction of sp³-hybridized carbons (Fsp3) is 0.300. The molecule has 0 heterocycles. The molecule has 0 unspecified atom stereocenters. The maximum atomic E-state index is 11.9. The summed E-state index contributed by atoms with van der Waals surface area (Å²) in [5, 5.41) is 17.6. The Kier molecular flexibility index (Phi) is 11.1. The van der Waals surface area contributed by atoms with Crippen LogP contribution >= 0.6 is 35.6 Å². The molecule has 0 saturated carbocycles. The second-order valence-corrected chi connectivity index (χ2v) is 6.97. The molecule has 162 valence electrons. The summed E-state index contributed by atoms with van der Waals surface area (Å²) in [5.74, 6) is 0.408. The third-order valence-electron chi connectivity index (χ3n) is 4.07.